The summed E-state index contributed by atoms with van der Waals surface area (Å²) in [5.74, 6) is 4.08. The monoisotopic (exact) mass is 877 g/mol. The summed E-state index contributed by atoms with van der Waals surface area (Å²) in [7, 11) is 0. The van der Waals surface area contributed by atoms with Crippen LogP contribution >= 0.6 is 0 Å². The van der Waals surface area contributed by atoms with Gasteiger partial charge in [0, 0.05) is 22.7 Å². The van der Waals surface area contributed by atoms with Crippen LogP contribution in [0.1, 0.15) is 180 Å². The van der Waals surface area contributed by atoms with Gasteiger partial charge in [-0.3, -0.25) is 19.6 Å². The number of hydrogen-bond donors (Lipinski definition) is 0. The van der Waals surface area contributed by atoms with Gasteiger partial charge in [-0.05, 0) is 166 Å². The molecule has 2 aliphatic heterocycles. The molecule has 4 heteroatoms. The van der Waals surface area contributed by atoms with Gasteiger partial charge in [0.2, 0.25) is 0 Å². The van der Waals surface area contributed by atoms with Crippen molar-refractivity contribution in [3.8, 4) is 0 Å². The molecule has 0 spiro atoms. The maximum atomic E-state index is 2.57. The Labute approximate surface area is 399 Å². The zero-order valence-corrected chi connectivity index (χ0v) is 42.6. The molecule has 0 aromatic heterocycles. The highest BCUT2D eigenvalue weighted by Crippen LogP contribution is 2.58. The van der Waals surface area contributed by atoms with E-state index in [0.29, 0.717) is 23.7 Å². The summed E-state index contributed by atoms with van der Waals surface area (Å²) in [6.07, 6.45) is 4.39. The zero-order chi connectivity index (χ0) is 47.2. The third-order valence-electron chi connectivity index (χ3n) is 15.0. The number of fused-ring (bicyclic) bond motifs is 2. The molecule has 66 heavy (non-hydrogen) atoms. The minimum atomic E-state index is -0.0560. The molecule has 4 unspecified atom stereocenters. The van der Waals surface area contributed by atoms with E-state index in [1.54, 1.807) is 0 Å². The molecule has 6 aromatic carbocycles. The van der Waals surface area contributed by atoms with E-state index in [1.165, 1.54) is 56.1 Å². The third kappa shape index (κ3) is 8.69. The number of anilines is 8. The Balaban J connectivity index is 1.53. The van der Waals surface area contributed by atoms with Crippen molar-refractivity contribution in [1.29, 1.82) is 0 Å². The largest absolute Gasteiger partial charge is 0.291 e. The highest BCUT2D eigenvalue weighted by Gasteiger charge is 2.45. The Kier molecular flexibility index (Phi) is 13.1. The second kappa shape index (κ2) is 18.5. The van der Waals surface area contributed by atoms with E-state index in [0.717, 1.165) is 60.1 Å². The first-order chi connectivity index (χ1) is 31.5. The van der Waals surface area contributed by atoms with Crippen LogP contribution in [0, 0.1) is 0 Å². The average Bonchev–Trinajstić information content (AvgIpc) is 3.85. The molecule has 0 radical (unpaired) electrons. The van der Waals surface area contributed by atoms with Crippen molar-refractivity contribution < 1.29 is 0 Å². The van der Waals surface area contributed by atoms with E-state index in [9.17, 15) is 0 Å². The van der Waals surface area contributed by atoms with Gasteiger partial charge in [0.25, 0.3) is 0 Å². The van der Waals surface area contributed by atoms with E-state index >= 15 is 0 Å². The molecule has 2 heterocycles. The smallest absolute Gasteiger partial charge is 0.166 e. The predicted molar refractivity (Wildman–Crippen MR) is 286 cm³/mol. The van der Waals surface area contributed by atoms with Gasteiger partial charge in [0.15, 0.2) is 11.6 Å². The first kappa shape index (κ1) is 46.8. The van der Waals surface area contributed by atoms with E-state index in [4.69, 9.17) is 0 Å². The average molecular weight is 877 g/mol. The fraction of sp³-hybridized carbons (Fsp3) is 0.387. The highest BCUT2D eigenvalue weighted by atomic mass is 15.5. The summed E-state index contributed by atoms with van der Waals surface area (Å²) in [5.41, 5.74) is 17.2. The van der Waals surface area contributed by atoms with Crippen LogP contribution in [0.15, 0.2) is 145 Å². The normalized spacial score (nSPS) is 16.9. The molecule has 344 valence electrons. The first-order valence-corrected chi connectivity index (χ1v) is 25.1. The maximum absolute atomic E-state index is 2.57. The Morgan fingerprint density at radius 1 is 0.318 bits per heavy atom. The van der Waals surface area contributed by atoms with Crippen LogP contribution in [0.3, 0.4) is 0 Å². The predicted octanol–water partition coefficient (Wildman–Crippen LogP) is 18.7. The van der Waals surface area contributed by atoms with Crippen molar-refractivity contribution in [3.63, 3.8) is 0 Å². The molecule has 0 N–H and O–H groups in total. The lowest BCUT2D eigenvalue weighted by Gasteiger charge is -2.34. The van der Waals surface area contributed by atoms with Gasteiger partial charge in [-0.25, -0.2) is 0 Å². The van der Waals surface area contributed by atoms with Gasteiger partial charge in [-0.1, -0.05) is 158 Å². The SMILES string of the molecule is CCC(C)c1ccc(N2/C(=C3/N(c4ccc(C(C)CC)cc4)c4ccc(C(C)(C)C)cc4N3c3ccc(C(C)CC)cc3)N(c3ccc(C(C)CC)cc3)c3cc(C(C)(C)C)ccc32)cc1. The molecule has 4 atom stereocenters. The fourth-order valence-electron chi connectivity index (χ4n) is 9.57. The zero-order valence-electron chi connectivity index (χ0n) is 42.6. The van der Waals surface area contributed by atoms with E-state index in [2.05, 4.69) is 250 Å². The lowest BCUT2D eigenvalue weighted by molar-refractivity contribution is 0.590. The third-order valence-corrected chi connectivity index (χ3v) is 15.0. The van der Waals surface area contributed by atoms with Gasteiger partial charge >= 0.3 is 0 Å². The molecule has 0 saturated carbocycles. The Hall–Kier alpha value is -5.74. The molecular weight excluding hydrogens is 801 g/mol. The Morgan fingerprint density at radius 2 is 0.545 bits per heavy atom. The summed E-state index contributed by atoms with van der Waals surface area (Å²) >= 11 is 0. The molecule has 0 bridgehead atoms. The summed E-state index contributed by atoms with van der Waals surface area (Å²) in [6.45, 7) is 32.5. The van der Waals surface area contributed by atoms with Crippen molar-refractivity contribution >= 4 is 45.5 Å². The number of nitrogens with zero attached hydrogens (tertiary/aromatic N) is 4. The second-order valence-electron chi connectivity index (χ2n) is 21.5. The van der Waals surface area contributed by atoms with Crippen LogP contribution < -0.4 is 19.6 Å². The maximum Gasteiger partial charge on any atom is 0.166 e. The van der Waals surface area contributed by atoms with Crippen LogP contribution in [-0.4, -0.2) is 0 Å². The minimum Gasteiger partial charge on any atom is -0.291 e. The number of rotatable bonds is 12. The second-order valence-corrected chi connectivity index (χ2v) is 21.5. The minimum absolute atomic E-state index is 0.0560. The van der Waals surface area contributed by atoms with Gasteiger partial charge < -0.3 is 0 Å². The lowest BCUT2D eigenvalue weighted by Crippen LogP contribution is -2.33. The van der Waals surface area contributed by atoms with Crippen LogP contribution in [0.2, 0.25) is 0 Å². The summed E-state index contributed by atoms with van der Waals surface area (Å²) in [4.78, 5) is 10.2. The van der Waals surface area contributed by atoms with Crippen molar-refractivity contribution in [2.45, 2.75) is 157 Å². The number of benzene rings is 6. The van der Waals surface area contributed by atoms with Gasteiger partial charge in [-0.2, -0.15) is 0 Å². The topological polar surface area (TPSA) is 13.0 Å². The standard InChI is InChI=1S/C62H76N4/c1-15-41(5)45-19-29-51(30-20-45)63-55-37-27-49(61(9,10)11)39-57(55)65(53-33-23-47(24-34-53)43(7)17-3)59(63)60-64(52-31-21-46(22-32-52)42(6)16-2)56-38-28-50(62(12,13)14)40-58(56)66(60)54-35-25-48(26-36-54)44(8)18-4/h19-44H,15-18H2,1-14H3/b60-59+. The Morgan fingerprint density at radius 3 is 0.758 bits per heavy atom. The molecule has 8 rings (SSSR count). The molecule has 4 nitrogen and oxygen atoms in total. The van der Waals surface area contributed by atoms with Crippen molar-refractivity contribution in [2.24, 2.45) is 0 Å². The van der Waals surface area contributed by atoms with Gasteiger partial charge in [-0.15, -0.1) is 0 Å². The molecule has 6 aromatic rings. The van der Waals surface area contributed by atoms with Crippen molar-refractivity contribution in [3.05, 3.63) is 178 Å². The molecule has 0 fully saturated rings. The highest BCUT2D eigenvalue weighted by molar-refractivity contribution is 6.00. The van der Waals surface area contributed by atoms with E-state index in [-0.39, 0.29) is 10.8 Å². The van der Waals surface area contributed by atoms with Crippen LogP contribution in [0.5, 0.6) is 0 Å². The van der Waals surface area contributed by atoms with Crippen molar-refractivity contribution in [1.82, 2.24) is 0 Å². The van der Waals surface area contributed by atoms with Crippen molar-refractivity contribution in [2.75, 3.05) is 19.6 Å². The fourth-order valence-corrected chi connectivity index (χ4v) is 9.57. The number of hydrogen-bond acceptors (Lipinski definition) is 4. The van der Waals surface area contributed by atoms with Gasteiger partial charge in [0.1, 0.15) is 0 Å². The summed E-state index contributed by atoms with van der Waals surface area (Å²) < 4.78 is 0. The molecule has 0 amide bonds. The van der Waals surface area contributed by atoms with Crippen LogP contribution in [0.25, 0.3) is 0 Å². The Bertz CT molecular complexity index is 2470. The summed E-state index contributed by atoms with van der Waals surface area (Å²) in [6, 6.07) is 52.1. The molecular formula is C62H76N4. The first-order valence-electron chi connectivity index (χ1n) is 25.1. The van der Waals surface area contributed by atoms with Gasteiger partial charge in [0.05, 0.1) is 22.7 Å². The molecule has 2 aliphatic rings. The van der Waals surface area contributed by atoms with Crippen LogP contribution in [0.4, 0.5) is 45.5 Å². The quantitative estimate of drug-likeness (QED) is 0.121. The van der Waals surface area contributed by atoms with Crippen LogP contribution in [-0.2, 0) is 10.8 Å². The summed E-state index contributed by atoms with van der Waals surface area (Å²) in [5, 5.41) is 0. The lowest BCUT2D eigenvalue weighted by atomic mass is 9.86. The van der Waals surface area contributed by atoms with E-state index in [1.807, 2.05) is 0 Å². The van der Waals surface area contributed by atoms with E-state index < -0.39 is 0 Å². The molecule has 0 saturated heterocycles. The molecule has 0 aliphatic carbocycles.